The summed E-state index contributed by atoms with van der Waals surface area (Å²) in [5.74, 6) is 0. The zero-order chi connectivity index (χ0) is 39.6. The first-order valence-electron chi connectivity index (χ1n) is 20.8. The summed E-state index contributed by atoms with van der Waals surface area (Å²) in [4.78, 5) is 2.42. The van der Waals surface area contributed by atoms with Crippen molar-refractivity contribution in [3.8, 4) is 55.6 Å². The summed E-state index contributed by atoms with van der Waals surface area (Å²) in [5, 5.41) is 2.64. The molecule has 2 aliphatic carbocycles. The van der Waals surface area contributed by atoms with E-state index >= 15 is 0 Å². The SMILES string of the molecule is c1ccc(-c2ccc(N(c3ccc(-c4ccc5c6c(cccc46)-c4ccccc4-5)cc3)c3ccc4c(c3)C(c3ccccc3)(c3ccccc3)c3ccccc3-4)cc2)cc1. The molecule has 0 N–H and O–H groups in total. The van der Waals surface area contributed by atoms with E-state index in [1.54, 1.807) is 0 Å². The van der Waals surface area contributed by atoms with Gasteiger partial charge in [-0.2, -0.15) is 0 Å². The van der Waals surface area contributed by atoms with Crippen molar-refractivity contribution in [1.29, 1.82) is 0 Å². The lowest BCUT2D eigenvalue weighted by Crippen LogP contribution is -2.28. The molecule has 0 amide bonds. The molecule has 280 valence electrons. The molecule has 0 saturated heterocycles. The number of rotatable bonds is 7. The van der Waals surface area contributed by atoms with Crippen LogP contribution in [0.3, 0.4) is 0 Å². The highest BCUT2D eigenvalue weighted by molar-refractivity contribution is 6.18. The summed E-state index contributed by atoms with van der Waals surface area (Å²) >= 11 is 0. The third-order valence-corrected chi connectivity index (χ3v) is 12.9. The second kappa shape index (κ2) is 13.7. The molecule has 0 fully saturated rings. The number of hydrogen-bond donors (Lipinski definition) is 0. The maximum absolute atomic E-state index is 2.45. The van der Waals surface area contributed by atoms with Gasteiger partial charge in [-0.3, -0.25) is 0 Å². The van der Waals surface area contributed by atoms with Crippen LogP contribution in [-0.4, -0.2) is 0 Å². The van der Waals surface area contributed by atoms with Crippen molar-refractivity contribution in [2.45, 2.75) is 5.41 Å². The van der Waals surface area contributed by atoms with E-state index in [1.165, 1.54) is 88.7 Å². The highest BCUT2D eigenvalue weighted by Gasteiger charge is 2.46. The Labute approximate surface area is 351 Å². The van der Waals surface area contributed by atoms with Crippen LogP contribution in [0.15, 0.2) is 237 Å². The van der Waals surface area contributed by atoms with Gasteiger partial charge in [0.05, 0.1) is 5.41 Å². The number of fused-ring (bicyclic) bond motifs is 6. The standard InChI is InChI=1S/C59H39N/c1-4-15-40(16-5-1)41-27-31-45(32-28-41)60(46-33-29-42(30-34-46)48-37-38-55-50-22-11-10-21-49(50)54-25-14-24-53(48)58(54)55)47-35-36-52-51-23-12-13-26-56(51)59(57(52)39-47,43-17-6-2-7-18-43)44-19-8-3-9-20-44/h1-39H. The number of hydrogen-bond acceptors (Lipinski definition) is 1. The quantitative estimate of drug-likeness (QED) is 0.156. The zero-order valence-corrected chi connectivity index (χ0v) is 33.0. The molecule has 0 spiro atoms. The van der Waals surface area contributed by atoms with Crippen LogP contribution < -0.4 is 4.90 Å². The van der Waals surface area contributed by atoms with Gasteiger partial charge in [-0.1, -0.05) is 200 Å². The minimum Gasteiger partial charge on any atom is -0.310 e. The Balaban J connectivity index is 1.03. The molecule has 0 unspecified atom stereocenters. The van der Waals surface area contributed by atoms with E-state index in [4.69, 9.17) is 0 Å². The Morgan fingerprint density at radius 1 is 0.267 bits per heavy atom. The van der Waals surface area contributed by atoms with Crippen molar-refractivity contribution < 1.29 is 0 Å². The van der Waals surface area contributed by atoms with Gasteiger partial charge in [-0.15, -0.1) is 0 Å². The Bertz CT molecular complexity index is 3150. The molecule has 2 aliphatic rings. The van der Waals surface area contributed by atoms with Crippen molar-refractivity contribution >= 4 is 27.8 Å². The fraction of sp³-hybridized carbons (Fsp3) is 0.0169. The Kier molecular flexibility index (Phi) is 7.83. The van der Waals surface area contributed by atoms with Gasteiger partial charge in [0, 0.05) is 17.1 Å². The third kappa shape index (κ3) is 5.13. The fourth-order valence-corrected chi connectivity index (χ4v) is 10.3. The summed E-state index contributed by atoms with van der Waals surface area (Å²) in [6.07, 6.45) is 0. The highest BCUT2D eigenvalue weighted by Crippen LogP contribution is 2.57. The van der Waals surface area contributed by atoms with Crippen LogP contribution in [0.1, 0.15) is 22.3 Å². The fourth-order valence-electron chi connectivity index (χ4n) is 10.3. The molecule has 10 aromatic carbocycles. The summed E-state index contributed by atoms with van der Waals surface area (Å²) in [6, 6.07) is 87.2. The van der Waals surface area contributed by atoms with Crippen LogP contribution in [0, 0.1) is 0 Å². The van der Waals surface area contributed by atoms with Crippen LogP contribution in [0.4, 0.5) is 17.1 Å². The molecule has 10 aromatic rings. The molecule has 0 bridgehead atoms. The smallest absolute Gasteiger partial charge is 0.0714 e. The van der Waals surface area contributed by atoms with E-state index in [0.717, 1.165) is 17.1 Å². The van der Waals surface area contributed by atoms with Gasteiger partial charge < -0.3 is 4.90 Å². The first-order chi connectivity index (χ1) is 29.8. The van der Waals surface area contributed by atoms with Gasteiger partial charge in [-0.05, 0) is 125 Å². The molecule has 0 heterocycles. The van der Waals surface area contributed by atoms with E-state index in [-0.39, 0.29) is 0 Å². The summed E-state index contributed by atoms with van der Waals surface area (Å²) in [6.45, 7) is 0. The normalized spacial score (nSPS) is 12.8. The monoisotopic (exact) mass is 761 g/mol. The summed E-state index contributed by atoms with van der Waals surface area (Å²) < 4.78 is 0. The van der Waals surface area contributed by atoms with E-state index < -0.39 is 5.41 Å². The summed E-state index contributed by atoms with van der Waals surface area (Å²) in [5.41, 5.74) is 20.6. The van der Waals surface area contributed by atoms with Gasteiger partial charge in [-0.25, -0.2) is 0 Å². The molecule has 12 rings (SSSR count). The molecule has 1 nitrogen and oxygen atoms in total. The van der Waals surface area contributed by atoms with Gasteiger partial charge in [0.15, 0.2) is 0 Å². The van der Waals surface area contributed by atoms with Gasteiger partial charge in [0.1, 0.15) is 0 Å². The molecular weight excluding hydrogens is 723 g/mol. The molecule has 0 aliphatic heterocycles. The summed E-state index contributed by atoms with van der Waals surface area (Å²) in [7, 11) is 0. The third-order valence-electron chi connectivity index (χ3n) is 12.9. The molecule has 0 aromatic heterocycles. The average molecular weight is 762 g/mol. The molecule has 0 radical (unpaired) electrons. The van der Waals surface area contributed by atoms with Crippen molar-refractivity contribution in [1.82, 2.24) is 0 Å². The lowest BCUT2D eigenvalue weighted by molar-refractivity contribution is 0.768. The largest absolute Gasteiger partial charge is 0.310 e. The van der Waals surface area contributed by atoms with Crippen LogP contribution in [-0.2, 0) is 5.41 Å². The predicted octanol–water partition coefficient (Wildman–Crippen LogP) is 15.7. The van der Waals surface area contributed by atoms with E-state index in [1.807, 2.05) is 0 Å². The first kappa shape index (κ1) is 34.3. The minimum absolute atomic E-state index is 0.493. The van der Waals surface area contributed by atoms with Crippen molar-refractivity contribution in [2.24, 2.45) is 0 Å². The predicted molar refractivity (Wildman–Crippen MR) is 251 cm³/mol. The van der Waals surface area contributed by atoms with Gasteiger partial charge in [0.25, 0.3) is 0 Å². The molecular formula is C59H39N. The highest BCUT2D eigenvalue weighted by atomic mass is 15.1. The lowest BCUT2D eigenvalue weighted by atomic mass is 9.67. The number of nitrogens with zero attached hydrogens (tertiary/aromatic N) is 1. The van der Waals surface area contributed by atoms with Crippen molar-refractivity contribution in [3.63, 3.8) is 0 Å². The van der Waals surface area contributed by atoms with Gasteiger partial charge in [0.2, 0.25) is 0 Å². The van der Waals surface area contributed by atoms with Crippen LogP contribution in [0.25, 0.3) is 66.4 Å². The first-order valence-corrected chi connectivity index (χ1v) is 20.8. The Morgan fingerprint density at radius 2 is 0.717 bits per heavy atom. The number of benzene rings is 10. The maximum Gasteiger partial charge on any atom is 0.0714 e. The topological polar surface area (TPSA) is 3.24 Å². The molecule has 0 atom stereocenters. The average Bonchev–Trinajstić information content (AvgIpc) is 3.82. The minimum atomic E-state index is -0.493. The van der Waals surface area contributed by atoms with Crippen LogP contribution in [0.5, 0.6) is 0 Å². The second-order valence-electron chi connectivity index (χ2n) is 16.0. The molecule has 1 heteroatoms. The number of anilines is 3. The zero-order valence-electron chi connectivity index (χ0n) is 33.0. The van der Waals surface area contributed by atoms with E-state index in [2.05, 4.69) is 241 Å². The maximum atomic E-state index is 2.45. The van der Waals surface area contributed by atoms with Gasteiger partial charge >= 0.3 is 0 Å². The van der Waals surface area contributed by atoms with E-state index in [9.17, 15) is 0 Å². The second-order valence-corrected chi connectivity index (χ2v) is 16.0. The van der Waals surface area contributed by atoms with E-state index in [0.29, 0.717) is 0 Å². The van der Waals surface area contributed by atoms with Crippen molar-refractivity contribution in [3.05, 3.63) is 259 Å². The van der Waals surface area contributed by atoms with Crippen LogP contribution in [0.2, 0.25) is 0 Å². The molecule has 60 heavy (non-hydrogen) atoms. The Morgan fingerprint density at radius 3 is 1.37 bits per heavy atom. The van der Waals surface area contributed by atoms with Crippen LogP contribution >= 0.6 is 0 Å². The Hall–Kier alpha value is -7.74. The molecule has 0 saturated carbocycles. The lowest BCUT2D eigenvalue weighted by Gasteiger charge is -2.35. The van der Waals surface area contributed by atoms with Crippen molar-refractivity contribution in [2.75, 3.05) is 4.90 Å².